The summed E-state index contributed by atoms with van der Waals surface area (Å²) in [5.41, 5.74) is 1.79. The first-order valence-electron chi connectivity index (χ1n) is 11.5. The smallest absolute Gasteiger partial charge is 0.251 e. The van der Waals surface area contributed by atoms with Crippen LogP contribution in [0.5, 0.6) is 0 Å². The van der Waals surface area contributed by atoms with Crippen molar-refractivity contribution in [2.45, 2.75) is 44.8 Å². The van der Waals surface area contributed by atoms with Crippen molar-refractivity contribution < 1.29 is 18.4 Å². The molecule has 1 unspecified atom stereocenters. The number of aryl methyl sites for hydroxylation is 1. The van der Waals surface area contributed by atoms with E-state index in [2.05, 4.69) is 5.16 Å². The van der Waals surface area contributed by atoms with E-state index in [0.29, 0.717) is 24.5 Å². The standard InChI is InChI=1S/C25H24F2N4O3S/c1-15-5-8-31(22(32)11-15)13-23(33)30-9-6-16(7-10-30)25-28-20(14-35-25)19-12-21(34-29-19)24-17(26)3-2-4-18(24)27/h2-5,8,11,14,16,21H,6-7,9-10,12-13H2,1H3. The Morgan fingerprint density at radius 2 is 1.94 bits per heavy atom. The predicted octanol–water partition coefficient (Wildman–Crippen LogP) is 4.16. The van der Waals surface area contributed by atoms with Crippen molar-refractivity contribution >= 4 is 23.0 Å². The van der Waals surface area contributed by atoms with Gasteiger partial charge in [-0.1, -0.05) is 11.2 Å². The number of halogens is 2. The average molecular weight is 499 g/mol. The molecule has 1 fully saturated rings. The Hall–Kier alpha value is -3.40. The highest BCUT2D eigenvalue weighted by Crippen LogP contribution is 2.35. The number of benzene rings is 1. The molecule has 1 amide bonds. The van der Waals surface area contributed by atoms with Crippen LogP contribution in [0.15, 0.2) is 51.9 Å². The topological polar surface area (TPSA) is 76.8 Å². The van der Waals surface area contributed by atoms with Crippen LogP contribution in [0.25, 0.3) is 0 Å². The van der Waals surface area contributed by atoms with Crippen LogP contribution in [0.1, 0.15) is 53.1 Å². The lowest BCUT2D eigenvalue weighted by Gasteiger charge is -2.31. The molecule has 1 aromatic carbocycles. The predicted molar refractivity (Wildman–Crippen MR) is 127 cm³/mol. The van der Waals surface area contributed by atoms with Gasteiger partial charge in [-0.05, 0) is 43.5 Å². The van der Waals surface area contributed by atoms with Gasteiger partial charge >= 0.3 is 0 Å². The van der Waals surface area contributed by atoms with E-state index in [4.69, 9.17) is 9.82 Å². The van der Waals surface area contributed by atoms with E-state index in [-0.39, 0.29) is 35.9 Å². The summed E-state index contributed by atoms with van der Waals surface area (Å²) in [7, 11) is 0. The van der Waals surface area contributed by atoms with Crippen LogP contribution in [-0.2, 0) is 16.2 Å². The molecule has 2 aromatic heterocycles. The third-order valence-corrected chi connectivity index (χ3v) is 7.47. The lowest BCUT2D eigenvalue weighted by atomic mass is 9.97. The third kappa shape index (κ3) is 4.88. The molecule has 0 bridgehead atoms. The SMILES string of the molecule is Cc1ccn(CC(=O)N2CCC(c3nc(C4=NOC(c5c(F)cccc5F)C4)cs3)CC2)c(=O)c1. The van der Waals surface area contributed by atoms with Gasteiger partial charge in [0.05, 0.1) is 16.3 Å². The maximum Gasteiger partial charge on any atom is 0.251 e. The van der Waals surface area contributed by atoms with Crippen molar-refractivity contribution in [3.63, 3.8) is 0 Å². The summed E-state index contributed by atoms with van der Waals surface area (Å²) in [5.74, 6) is -1.17. The third-order valence-electron chi connectivity index (χ3n) is 6.46. The molecule has 0 spiro atoms. The second-order valence-corrected chi connectivity index (χ2v) is 9.76. The highest BCUT2D eigenvalue weighted by molar-refractivity contribution is 7.10. The molecule has 2 aliphatic heterocycles. The number of nitrogens with zero attached hydrogens (tertiary/aromatic N) is 4. The summed E-state index contributed by atoms with van der Waals surface area (Å²) >= 11 is 1.52. The molecule has 35 heavy (non-hydrogen) atoms. The number of likely N-dealkylation sites (tertiary alicyclic amines) is 1. The Balaban J connectivity index is 1.18. The maximum absolute atomic E-state index is 14.1. The molecular formula is C25H24F2N4O3S. The first-order chi connectivity index (χ1) is 16.9. The summed E-state index contributed by atoms with van der Waals surface area (Å²) in [6, 6.07) is 7.07. The molecule has 5 rings (SSSR count). The monoisotopic (exact) mass is 498 g/mol. The number of piperidine rings is 1. The van der Waals surface area contributed by atoms with Gasteiger partial charge in [0.2, 0.25) is 5.91 Å². The van der Waals surface area contributed by atoms with Gasteiger partial charge in [-0.3, -0.25) is 9.59 Å². The Morgan fingerprint density at radius 3 is 2.66 bits per heavy atom. The van der Waals surface area contributed by atoms with Crippen LogP contribution in [0.4, 0.5) is 8.78 Å². The van der Waals surface area contributed by atoms with Crippen LogP contribution < -0.4 is 5.56 Å². The van der Waals surface area contributed by atoms with Crippen LogP contribution >= 0.6 is 11.3 Å². The largest absolute Gasteiger partial charge is 0.387 e. The maximum atomic E-state index is 14.1. The van der Waals surface area contributed by atoms with Gasteiger partial charge in [0.15, 0.2) is 6.10 Å². The van der Waals surface area contributed by atoms with Gasteiger partial charge in [-0.15, -0.1) is 11.3 Å². The number of amides is 1. The van der Waals surface area contributed by atoms with Crippen molar-refractivity contribution in [3.05, 3.63) is 85.7 Å². The fourth-order valence-electron chi connectivity index (χ4n) is 4.47. The minimum Gasteiger partial charge on any atom is -0.387 e. The van der Waals surface area contributed by atoms with Gasteiger partial charge in [0.1, 0.15) is 23.9 Å². The zero-order chi connectivity index (χ0) is 24.5. The van der Waals surface area contributed by atoms with Gasteiger partial charge in [0, 0.05) is 43.1 Å². The van der Waals surface area contributed by atoms with Gasteiger partial charge in [-0.2, -0.15) is 0 Å². The molecule has 0 saturated carbocycles. The molecule has 7 nitrogen and oxygen atoms in total. The van der Waals surface area contributed by atoms with E-state index >= 15 is 0 Å². The van der Waals surface area contributed by atoms with Crippen molar-refractivity contribution in [3.8, 4) is 0 Å². The number of hydrogen-bond acceptors (Lipinski definition) is 6. The van der Waals surface area contributed by atoms with E-state index in [1.807, 2.05) is 18.4 Å². The van der Waals surface area contributed by atoms with Crippen LogP contribution in [0.3, 0.4) is 0 Å². The summed E-state index contributed by atoms with van der Waals surface area (Å²) < 4.78 is 29.6. The molecule has 10 heteroatoms. The first kappa shape index (κ1) is 23.3. The van der Waals surface area contributed by atoms with Crippen molar-refractivity contribution in [2.75, 3.05) is 13.1 Å². The molecule has 1 saturated heterocycles. The molecule has 2 aliphatic rings. The fraction of sp³-hybridized carbons (Fsp3) is 0.360. The van der Waals surface area contributed by atoms with Gasteiger partial charge in [-0.25, -0.2) is 13.8 Å². The van der Waals surface area contributed by atoms with E-state index in [1.165, 1.54) is 40.2 Å². The van der Waals surface area contributed by atoms with Crippen LogP contribution in [-0.4, -0.2) is 39.2 Å². The summed E-state index contributed by atoms with van der Waals surface area (Å²) in [6.45, 7) is 3.07. The number of carbonyl (C=O) groups is 1. The second kappa shape index (κ2) is 9.69. The average Bonchev–Trinajstić information content (AvgIpc) is 3.51. The highest BCUT2D eigenvalue weighted by Gasteiger charge is 2.31. The number of carbonyl (C=O) groups excluding carboxylic acids is 1. The van der Waals surface area contributed by atoms with E-state index < -0.39 is 17.7 Å². The van der Waals surface area contributed by atoms with Crippen molar-refractivity contribution in [2.24, 2.45) is 5.16 Å². The molecule has 0 N–H and O–H groups in total. The minimum absolute atomic E-state index is 0.0365. The number of rotatable bonds is 5. The number of aromatic nitrogens is 2. The van der Waals surface area contributed by atoms with E-state index in [1.54, 1.807) is 11.1 Å². The number of thiazole rings is 1. The normalized spacial score (nSPS) is 18.4. The van der Waals surface area contributed by atoms with E-state index in [0.717, 1.165) is 23.4 Å². The van der Waals surface area contributed by atoms with Crippen molar-refractivity contribution in [1.29, 1.82) is 0 Å². The zero-order valence-corrected chi connectivity index (χ0v) is 19.9. The molecular weight excluding hydrogens is 474 g/mol. The molecule has 0 aliphatic carbocycles. The summed E-state index contributed by atoms with van der Waals surface area (Å²) in [5, 5.41) is 6.88. The molecule has 182 valence electrons. The van der Waals surface area contributed by atoms with Gasteiger partial charge < -0.3 is 14.3 Å². The number of pyridine rings is 1. The Bertz CT molecular complexity index is 1320. The minimum atomic E-state index is -0.813. The fourth-order valence-corrected chi connectivity index (χ4v) is 5.47. The Kier molecular flexibility index (Phi) is 6.46. The number of hydrogen-bond donors (Lipinski definition) is 0. The molecule has 3 aromatic rings. The second-order valence-electron chi connectivity index (χ2n) is 8.87. The molecule has 4 heterocycles. The van der Waals surface area contributed by atoms with Crippen LogP contribution in [0.2, 0.25) is 0 Å². The summed E-state index contributed by atoms with van der Waals surface area (Å²) in [4.78, 5) is 36.6. The van der Waals surface area contributed by atoms with Crippen molar-refractivity contribution in [1.82, 2.24) is 14.5 Å². The Morgan fingerprint density at radius 1 is 1.20 bits per heavy atom. The molecule has 1 atom stereocenters. The molecule has 0 radical (unpaired) electrons. The summed E-state index contributed by atoms with van der Waals surface area (Å²) in [6.07, 6.45) is 2.62. The Labute approximate surface area is 204 Å². The number of oxime groups is 1. The zero-order valence-electron chi connectivity index (χ0n) is 19.1. The highest BCUT2D eigenvalue weighted by atomic mass is 32.1. The van der Waals surface area contributed by atoms with E-state index in [9.17, 15) is 18.4 Å². The lowest BCUT2D eigenvalue weighted by molar-refractivity contribution is -0.132. The van der Waals surface area contributed by atoms with Crippen LogP contribution in [0, 0.1) is 18.6 Å². The first-order valence-corrected chi connectivity index (χ1v) is 12.3. The quantitative estimate of drug-likeness (QED) is 0.529. The lowest BCUT2D eigenvalue weighted by Crippen LogP contribution is -2.41. The van der Waals surface area contributed by atoms with Gasteiger partial charge in [0.25, 0.3) is 5.56 Å².